The molecular weight excluding hydrogens is 314 g/mol. The summed E-state index contributed by atoms with van der Waals surface area (Å²) in [5.74, 6) is -0.113. The molecule has 0 aliphatic carbocycles. The summed E-state index contributed by atoms with van der Waals surface area (Å²) >= 11 is 0. The highest BCUT2D eigenvalue weighted by Crippen LogP contribution is 2.27. The van der Waals surface area contributed by atoms with Gasteiger partial charge in [-0.25, -0.2) is 0 Å². The second kappa shape index (κ2) is 7.18. The third-order valence-corrected chi connectivity index (χ3v) is 4.32. The zero-order valence-corrected chi connectivity index (χ0v) is 14.1. The van der Waals surface area contributed by atoms with Gasteiger partial charge in [0.1, 0.15) is 0 Å². The van der Waals surface area contributed by atoms with E-state index in [1.165, 1.54) is 0 Å². The van der Waals surface area contributed by atoms with Crippen LogP contribution in [0.3, 0.4) is 0 Å². The van der Waals surface area contributed by atoms with E-state index in [1.807, 2.05) is 30.0 Å². The Morgan fingerprint density at radius 3 is 2.76 bits per heavy atom. The van der Waals surface area contributed by atoms with Gasteiger partial charge in [0.2, 0.25) is 5.91 Å². The van der Waals surface area contributed by atoms with Crippen LogP contribution in [0.2, 0.25) is 0 Å². The maximum atomic E-state index is 12.3. The van der Waals surface area contributed by atoms with E-state index in [9.17, 15) is 9.59 Å². The standard InChI is InChI=1S/C20H19N3O2/c1-14-11-17(8-9-18(14)23-10-3-2-7-19(23)24)22-20(25)16-6-4-5-15(12-16)13-21/h4-6,8-9,11-12H,2-3,7,10H2,1H3,(H,22,25). The molecule has 1 aliphatic heterocycles. The first-order valence-corrected chi connectivity index (χ1v) is 8.31. The van der Waals surface area contributed by atoms with Gasteiger partial charge in [0.25, 0.3) is 5.91 Å². The molecule has 0 aromatic heterocycles. The van der Waals surface area contributed by atoms with Crippen molar-refractivity contribution in [2.75, 3.05) is 16.8 Å². The fourth-order valence-corrected chi connectivity index (χ4v) is 3.03. The second-order valence-corrected chi connectivity index (χ2v) is 6.15. The Labute approximate surface area is 146 Å². The van der Waals surface area contributed by atoms with Crippen molar-refractivity contribution in [3.8, 4) is 6.07 Å². The first kappa shape index (κ1) is 16.7. The van der Waals surface area contributed by atoms with Crippen molar-refractivity contribution in [1.82, 2.24) is 0 Å². The molecule has 1 saturated heterocycles. The normalized spacial score (nSPS) is 14.1. The molecule has 3 rings (SSSR count). The van der Waals surface area contributed by atoms with Crippen molar-refractivity contribution in [3.63, 3.8) is 0 Å². The Balaban J connectivity index is 1.77. The van der Waals surface area contributed by atoms with Crippen LogP contribution in [0.25, 0.3) is 0 Å². The van der Waals surface area contributed by atoms with Crippen LogP contribution in [0.4, 0.5) is 11.4 Å². The third-order valence-electron chi connectivity index (χ3n) is 4.32. The quantitative estimate of drug-likeness (QED) is 0.932. The van der Waals surface area contributed by atoms with E-state index in [0.717, 1.165) is 30.6 Å². The van der Waals surface area contributed by atoms with Crippen molar-refractivity contribution in [2.24, 2.45) is 0 Å². The summed E-state index contributed by atoms with van der Waals surface area (Å²) in [6.07, 6.45) is 2.55. The maximum Gasteiger partial charge on any atom is 0.255 e. The lowest BCUT2D eigenvalue weighted by Gasteiger charge is -2.28. The minimum absolute atomic E-state index is 0.152. The molecule has 2 aromatic carbocycles. The minimum atomic E-state index is -0.265. The second-order valence-electron chi connectivity index (χ2n) is 6.15. The van der Waals surface area contributed by atoms with E-state index < -0.39 is 0 Å². The van der Waals surface area contributed by atoms with E-state index >= 15 is 0 Å². The summed E-state index contributed by atoms with van der Waals surface area (Å²) in [6, 6.07) is 14.1. The van der Waals surface area contributed by atoms with Gasteiger partial charge in [-0.2, -0.15) is 5.26 Å². The summed E-state index contributed by atoms with van der Waals surface area (Å²) < 4.78 is 0. The number of benzene rings is 2. The lowest BCUT2D eigenvalue weighted by atomic mass is 10.1. The van der Waals surface area contributed by atoms with Crippen LogP contribution in [0, 0.1) is 18.3 Å². The highest BCUT2D eigenvalue weighted by Gasteiger charge is 2.21. The molecule has 25 heavy (non-hydrogen) atoms. The summed E-state index contributed by atoms with van der Waals surface area (Å²) in [5, 5.41) is 11.8. The van der Waals surface area contributed by atoms with Gasteiger partial charge in [-0.1, -0.05) is 6.07 Å². The Morgan fingerprint density at radius 1 is 1.20 bits per heavy atom. The summed E-state index contributed by atoms with van der Waals surface area (Å²) in [7, 11) is 0. The number of carbonyl (C=O) groups excluding carboxylic acids is 2. The Morgan fingerprint density at radius 2 is 2.04 bits per heavy atom. The van der Waals surface area contributed by atoms with Gasteiger partial charge >= 0.3 is 0 Å². The van der Waals surface area contributed by atoms with Crippen LogP contribution in [0.1, 0.15) is 40.7 Å². The zero-order chi connectivity index (χ0) is 17.8. The Bertz CT molecular complexity index is 867. The van der Waals surface area contributed by atoms with E-state index in [0.29, 0.717) is 23.2 Å². The zero-order valence-electron chi connectivity index (χ0n) is 14.1. The highest BCUT2D eigenvalue weighted by molar-refractivity contribution is 6.04. The van der Waals surface area contributed by atoms with Crippen LogP contribution >= 0.6 is 0 Å². The third kappa shape index (κ3) is 3.69. The fourth-order valence-electron chi connectivity index (χ4n) is 3.03. The SMILES string of the molecule is Cc1cc(NC(=O)c2cccc(C#N)c2)ccc1N1CCCCC1=O. The molecule has 1 aliphatic rings. The van der Waals surface area contributed by atoms with Gasteiger partial charge in [-0.3, -0.25) is 9.59 Å². The molecular formula is C20H19N3O2. The molecule has 5 nitrogen and oxygen atoms in total. The molecule has 1 N–H and O–H groups in total. The molecule has 5 heteroatoms. The van der Waals surface area contributed by atoms with E-state index in [2.05, 4.69) is 5.32 Å². The monoisotopic (exact) mass is 333 g/mol. The Hall–Kier alpha value is -3.13. The smallest absolute Gasteiger partial charge is 0.255 e. The summed E-state index contributed by atoms with van der Waals surface area (Å²) in [4.78, 5) is 26.3. The number of anilines is 2. The number of nitrogens with zero attached hydrogens (tertiary/aromatic N) is 2. The average Bonchev–Trinajstić information content (AvgIpc) is 2.63. The molecule has 1 fully saturated rings. The van der Waals surface area contributed by atoms with Gasteiger partial charge < -0.3 is 10.2 Å². The van der Waals surface area contributed by atoms with Crippen molar-refractivity contribution >= 4 is 23.2 Å². The number of rotatable bonds is 3. The van der Waals surface area contributed by atoms with E-state index in [1.54, 1.807) is 30.3 Å². The molecule has 0 spiro atoms. The first-order valence-electron chi connectivity index (χ1n) is 8.31. The summed E-state index contributed by atoms with van der Waals surface area (Å²) in [5.41, 5.74) is 3.39. The molecule has 2 amide bonds. The number of nitrogens with one attached hydrogen (secondary N) is 1. The molecule has 0 atom stereocenters. The van der Waals surface area contributed by atoms with E-state index in [-0.39, 0.29) is 11.8 Å². The van der Waals surface area contributed by atoms with E-state index in [4.69, 9.17) is 5.26 Å². The molecule has 0 bridgehead atoms. The van der Waals surface area contributed by atoms with Gasteiger partial charge in [0.15, 0.2) is 0 Å². The van der Waals surface area contributed by atoms with Gasteiger partial charge in [0, 0.05) is 29.9 Å². The largest absolute Gasteiger partial charge is 0.322 e. The maximum absolute atomic E-state index is 12.3. The number of nitriles is 1. The molecule has 126 valence electrons. The first-order chi connectivity index (χ1) is 12.1. The molecule has 0 saturated carbocycles. The van der Waals surface area contributed by atoms with Crippen LogP contribution in [0.5, 0.6) is 0 Å². The molecule has 2 aromatic rings. The molecule has 1 heterocycles. The lowest BCUT2D eigenvalue weighted by Crippen LogP contribution is -2.35. The van der Waals surface area contributed by atoms with Crippen LogP contribution in [-0.2, 0) is 4.79 Å². The van der Waals surface area contributed by atoms with Gasteiger partial charge in [-0.05, 0) is 61.7 Å². The van der Waals surface area contributed by atoms with Gasteiger partial charge in [0.05, 0.1) is 11.6 Å². The number of hydrogen-bond donors (Lipinski definition) is 1. The fraction of sp³-hybridized carbons (Fsp3) is 0.250. The van der Waals surface area contributed by atoms with Crippen LogP contribution in [-0.4, -0.2) is 18.4 Å². The molecule has 0 radical (unpaired) electrons. The number of amides is 2. The van der Waals surface area contributed by atoms with Crippen molar-refractivity contribution in [2.45, 2.75) is 26.2 Å². The predicted octanol–water partition coefficient (Wildman–Crippen LogP) is 3.64. The Kier molecular flexibility index (Phi) is 4.80. The molecule has 0 unspecified atom stereocenters. The number of aryl methyl sites for hydroxylation is 1. The van der Waals surface area contributed by atoms with Crippen LogP contribution in [0.15, 0.2) is 42.5 Å². The topological polar surface area (TPSA) is 73.2 Å². The number of hydrogen-bond acceptors (Lipinski definition) is 3. The van der Waals surface area contributed by atoms with Crippen LogP contribution < -0.4 is 10.2 Å². The lowest BCUT2D eigenvalue weighted by molar-refractivity contribution is -0.119. The van der Waals surface area contributed by atoms with Crippen molar-refractivity contribution < 1.29 is 9.59 Å². The average molecular weight is 333 g/mol. The van der Waals surface area contributed by atoms with Gasteiger partial charge in [-0.15, -0.1) is 0 Å². The number of carbonyl (C=O) groups is 2. The van der Waals surface area contributed by atoms with Crippen molar-refractivity contribution in [1.29, 1.82) is 5.26 Å². The van der Waals surface area contributed by atoms with Crippen molar-refractivity contribution in [3.05, 3.63) is 59.2 Å². The highest BCUT2D eigenvalue weighted by atomic mass is 16.2. The minimum Gasteiger partial charge on any atom is -0.322 e. The number of piperidine rings is 1. The predicted molar refractivity (Wildman–Crippen MR) is 96.5 cm³/mol. The summed E-state index contributed by atoms with van der Waals surface area (Å²) in [6.45, 7) is 2.68.